The van der Waals surface area contributed by atoms with Crippen LogP contribution in [0.25, 0.3) is 0 Å². The largest absolute Gasteiger partial charge is 0.282 e. The molecule has 0 bridgehead atoms. The molecule has 3 nitrogen and oxygen atoms in total. The monoisotopic (exact) mass is 348 g/mol. The molecule has 0 aliphatic rings. The third-order valence-corrected chi connectivity index (χ3v) is 4.65. The predicted molar refractivity (Wildman–Crippen MR) is 107 cm³/mol. The molecule has 3 rings (SSSR count). The molecule has 25 heavy (non-hydrogen) atoms. The van der Waals surface area contributed by atoms with E-state index in [1.54, 1.807) is 16.2 Å². The van der Waals surface area contributed by atoms with Crippen molar-refractivity contribution in [1.29, 1.82) is 0 Å². The summed E-state index contributed by atoms with van der Waals surface area (Å²) in [6, 6.07) is 17.9. The van der Waals surface area contributed by atoms with Gasteiger partial charge in [-0.05, 0) is 41.1 Å². The summed E-state index contributed by atoms with van der Waals surface area (Å²) in [5, 5.41) is 3.91. The predicted octanol–water partition coefficient (Wildman–Crippen LogP) is 5.92. The van der Waals surface area contributed by atoms with Gasteiger partial charge in [-0.2, -0.15) is 11.3 Å². The van der Waals surface area contributed by atoms with Gasteiger partial charge in [-0.15, -0.1) is 0 Å². The SMILES string of the molecule is CC(C)c1cccc(/N=C/c2ccccc2N(C=O)c2ccsc2)c1. The first-order valence-corrected chi connectivity index (χ1v) is 9.13. The zero-order chi connectivity index (χ0) is 17.6. The van der Waals surface area contributed by atoms with Crippen LogP contribution in [-0.2, 0) is 4.79 Å². The molecule has 0 radical (unpaired) electrons. The van der Waals surface area contributed by atoms with E-state index in [-0.39, 0.29) is 0 Å². The van der Waals surface area contributed by atoms with Gasteiger partial charge in [-0.3, -0.25) is 14.7 Å². The molecule has 126 valence electrons. The van der Waals surface area contributed by atoms with Crippen LogP contribution >= 0.6 is 11.3 Å². The minimum atomic E-state index is 0.464. The lowest BCUT2D eigenvalue weighted by Crippen LogP contribution is -2.15. The van der Waals surface area contributed by atoms with Crippen LogP contribution in [-0.4, -0.2) is 12.6 Å². The quantitative estimate of drug-likeness (QED) is 0.402. The summed E-state index contributed by atoms with van der Waals surface area (Å²) in [6.45, 7) is 4.34. The van der Waals surface area contributed by atoms with Gasteiger partial charge in [0.25, 0.3) is 0 Å². The number of rotatable bonds is 6. The second-order valence-electron chi connectivity index (χ2n) is 6.02. The summed E-state index contributed by atoms with van der Waals surface area (Å²) in [4.78, 5) is 17.9. The van der Waals surface area contributed by atoms with Crippen molar-refractivity contribution in [3.8, 4) is 0 Å². The number of benzene rings is 2. The number of aliphatic imine (C=N–C) groups is 1. The molecule has 3 aromatic rings. The minimum Gasteiger partial charge on any atom is -0.282 e. The molecule has 0 aliphatic heterocycles. The number of carbonyl (C=O) groups is 1. The summed E-state index contributed by atoms with van der Waals surface area (Å²) >= 11 is 1.56. The second kappa shape index (κ2) is 7.90. The second-order valence-corrected chi connectivity index (χ2v) is 6.80. The molecular formula is C21H20N2OS. The van der Waals surface area contributed by atoms with Crippen LogP contribution in [0.5, 0.6) is 0 Å². The molecule has 0 atom stereocenters. The maximum Gasteiger partial charge on any atom is 0.218 e. The Balaban J connectivity index is 1.93. The van der Waals surface area contributed by atoms with E-state index in [4.69, 9.17) is 0 Å². The first kappa shape index (κ1) is 17.1. The lowest BCUT2D eigenvalue weighted by atomic mass is 10.0. The Bertz CT molecular complexity index is 869. The average molecular weight is 348 g/mol. The Kier molecular flexibility index (Phi) is 5.41. The van der Waals surface area contributed by atoms with Crippen molar-refractivity contribution < 1.29 is 4.79 Å². The Hall–Kier alpha value is -2.72. The van der Waals surface area contributed by atoms with E-state index in [1.807, 2.05) is 59.4 Å². The van der Waals surface area contributed by atoms with Crippen molar-refractivity contribution in [1.82, 2.24) is 0 Å². The molecule has 0 fully saturated rings. The molecule has 2 aromatic carbocycles. The Morgan fingerprint density at radius 3 is 2.64 bits per heavy atom. The number of thiophene rings is 1. The summed E-state index contributed by atoms with van der Waals surface area (Å²) in [6.07, 6.45) is 2.66. The van der Waals surface area contributed by atoms with Gasteiger partial charge in [0.1, 0.15) is 0 Å². The zero-order valence-electron chi connectivity index (χ0n) is 14.3. The van der Waals surface area contributed by atoms with Crippen molar-refractivity contribution in [2.24, 2.45) is 4.99 Å². The molecule has 1 amide bonds. The fraction of sp³-hybridized carbons (Fsp3) is 0.143. The summed E-state index contributed by atoms with van der Waals surface area (Å²) in [5.74, 6) is 0.464. The number of anilines is 2. The fourth-order valence-corrected chi connectivity index (χ4v) is 3.20. The van der Waals surface area contributed by atoms with E-state index in [1.165, 1.54) is 5.56 Å². The van der Waals surface area contributed by atoms with Gasteiger partial charge < -0.3 is 0 Å². The van der Waals surface area contributed by atoms with Crippen molar-refractivity contribution in [3.63, 3.8) is 0 Å². The standard InChI is InChI=1S/C21H20N2OS/c1-16(2)17-7-5-8-19(12-17)22-13-18-6-3-4-9-21(18)23(15-24)20-10-11-25-14-20/h3-16H,1-2H3/b22-13+. The molecule has 0 saturated carbocycles. The lowest BCUT2D eigenvalue weighted by molar-refractivity contribution is -0.106. The van der Waals surface area contributed by atoms with Crippen molar-refractivity contribution >= 4 is 41.0 Å². The first-order chi connectivity index (χ1) is 12.2. The van der Waals surface area contributed by atoms with Crippen molar-refractivity contribution in [3.05, 3.63) is 76.5 Å². The van der Waals surface area contributed by atoms with Gasteiger partial charge in [-0.1, -0.05) is 44.2 Å². The number of hydrogen-bond acceptors (Lipinski definition) is 3. The smallest absolute Gasteiger partial charge is 0.218 e. The van der Waals surface area contributed by atoms with Crippen LogP contribution in [0.2, 0.25) is 0 Å². The number of carbonyl (C=O) groups excluding carboxylic acids is 1. The maximum absolute atomic E-state index is 11.6. The van der Waals surface area contributed by atoms with Gasteiger partial charge in [-0.25, -0.2) is 0 Å². The van der Waals surface area contributed by atoms with E-state index in [0.717, 1.165) is 29.0 Å². The van der Waals surface area contributed by atoms with Crippen LogP contribution < -0.4 is 4.90 Å². The van der Waals surface area contributed by atoms with Crippen molar-refractivity contribution in [2.45, 2.75) is 19.8 Å². The molecule has 0 spiro atoms. The molecule has 1 heterocycles. The van der Waals surface area contributed by atoms with Crippen LogP contribution in [0.3, 0.4) is 0 Å². The van der Waals surface area contributed by atoms with E-state index in [9.17, 15) is 4.79 Å². The molecule has 0 unspecified atom stereocenters. The summed E-state index contributed by atoms with van der Waals surface area (Å²) in [5.41, 5.74) is 4.75. The molecule has 0 N–H and O–H groups in total. The highest BCUT2D eigenvalue weighted by molar-refractivity contribution is 7.08. The zero-order valence-corrected chi connectivity index (χ0v) is 15.1. The molecule has 0 saturated heterocycles. The van der Waals surface area contributed by atoms with Gasteiger partial charge in [0, 0.05) is 17.2 Å². The number of amides is 1. The van der Waals surface area contributed by atoms with E-state index in [2.05, 4.69) is 31.0 Å². The van der Waals surface area contributed by atoms with Crippen LogP contribution in [0.1, 0.15) is 30.9 Å². The molecule has 4 heteroatoms. The molecule has 0 aliphatic carbocycles. The normalized spacial score (nSPS) is 11.2. The third kappa shape index (κ3) is 4.03. The summed E-state index contributed by atoms with van der Waals surface area (Å²) in [7, 11) is 0. The molecule has 1 aromatic heterocycles. The van der Waals surface area contributed by atoms with Crippen LogP contribution in [0, 0.1) is 0 Å². The number of para-hydroxylation sites is 1. The van der Waals surface area contributed by atoms with E-state index >= 15 is 0 Å². The minimum absolute atomic E-state index is 0.464. The topological polar surface area (TPSA) is 32.7 Å². The van der Waals surface area contributed by atoms with Gasteiger partial charge in [0.05, 0.1) is 17.1 Å². The van der Waals surface area contributed by atoms with Crippen LogP contribution in [0.4, 0.5) is 17.1 Å². The van der Waals surface area contributed by atoms with Gasteiger partial charge >= 0.3 is 0 Å². The highest BCUT2D eigenvalue weighted by atomic mass is 32.1. The third-order valence-electron chi connectivity index (χ3n) is 3.98. The van der Waals surface area contributed by atoms with Crippen LogP contribution in [0.15, 0.2) is 70.3 Å². The fourth-order valence-electron chi connectivity index (χ4n) is 2.58. The van der Waals surface area contributed by atoms with E-state index < -0.39 is 0 Å². The number of nitrogens with zero attached hydrogens (tertiary/aromatic N) is 2. The van der Waals surface area contributed by atoms with Gasteiger partial charge in [0.2, 0.25) is 6.41 Å². The average Bonchev–Trinajstić information content (AvgIpc) is 3.16. The van der Waals surface area contributed by atoms with Crippen molar-refractivity contribution in [2.75, 3.05) is 4.90 Å². The molecular weight excluding hydrogens is 328 g/mol. The Morgan fingerprint density at radius 2 is 1.92 bits per heavy atom. The highest BCUT2D eigenvalue weighted by Crippen LogP contribution is 2.28. The van der Waals surface area contributed by atoms with Gasteiger partial charge in [0.15, 0.2) is 0 Å². The van der Waals surface area contributed by atoms with E-state index in [0.29, 0.717) is 5.92 Å². The maximum atomic E-state index is 11.6. The highest BCUT2D eigenvalue weighted by Gasteiger charge is 2.11. The lowest BCUT2D eigenvalue weighted by Gasteiger charge is -2.18. The summed E-state index contributed by atoms with van der Waals surface area (Å²) < 4.78 is 0. The Morgan fingerprint density at radius 1 is 1.08 bits per heavy atom. The first-order valence-electron chi connectivity index (χ1n) is 8.19. The Labute approximate surface area is 152 Å². The number of hydrogen-bond donors (Lipinski definition) is 0.